The van der Waals surface area contributed by atoms with Gasteiger partial charge in [0.25, 0.3) is 0 Å². The number of fused-ring (bicyclic) bond motifs is 7. The van der Waals surface area contributed by atoms with Gasteiger partial charge >= 0.3 is 0 Å². The third-order valence-corrected chi connectivity index (χ3v) is 11.6. The zero-order chi connectivity index (χ0) is 35.6. The van der Waals surface area contributed by atoms with Gasteiger partial charge in [0, 0.05) is 16.5 Å². The average molecular weight is 687 g/mol. The van der Waals surface area contributed by atoms with E-state index in [2.05, 4.69) is 206 Å². The van der Waals surface area contributed by atoms with Gasteiger partial charge in [0.1, 0.15) is 11.3 Å². The van der Waals surface area contributed by atoms with Gasteiger partial charge in [0.15, 0.2) is 0 Å². The summed E-state index contributed by atoms with van der Waals surface area (Å²) in [5.41, 5.74) is 13.7. The summed E-state index contributed by atoms with van der Waals surface area (Å²) in [4.78, 5) is 0. The minimum Gasteiger partial charge on any atom is -0.456 e. The van der Waals surface area contributed by atoms with Crippen molar-refractivity contribution in [3.05, 3.63) is 229 Å². The van der Waals surface area contributed by atoms with E-state index in [1.54, 1.807) is 0 Å². The van der Waals surface area contributed by atoms with Gasteiger partial charge < -0.3 is 4.42 Å². The van der Waals surface area contributed by atoms with E-state index in [1.165, 1.54) is 77.2 Å². The standard InChI is InChI=1S/C53H34O/c1-4-16-35(17-5-1)36-28-30-37(31-29-36)49-41-22-10-12-24-43(41)50(44-25-13-11-23-42(44)49)38-32-33-45-47(34-38)53(39-18-6-2-7-19-39,40-20-8-3-9-21-40)51-46-26-14-15-27-48(46)54-52(45)51/h1-34H. The van der Waals surface area contributed by atoms with Crippen molar-refractivity contribution in [2.75, 3.05) is 0 Å². The quantitative estimate of drug-likeness (QED) is 0.164. The molecule has 1 heterocycles. The molecular weight excluding hydrogens is 653 g/mol. The third kappa shape index (κ3) is 4.39. The fraction of sp³-hybridized carbons (Fsp3) is 0.0189. The van der Waals surface area contributed by atoms with E-state index < -0.39 is 5.41 Å². The summed E-state index contributed by atoms with van der Waals surface area (Å²) >= 11 is 0. The molecule has 1 aliphatic rings. The predicted octanol–water partition coefficient (Wildman–Crippen LogP) is 14.1. The first-order valence-corrected chi connectivity index (χ1v) is 18.7. The minimum absolute atomic E-state index is 0.582. The van der Waals surface area contributed by atoms with Crippen LogP contribution in [0, 0.1) is 0 Å². The topological polar surface area (TPSA) is 13.1 Å². The first-order valence-electron chi connectivity index (χ1n) is 18.7. The summed E-state index contributed by atoms with van der Waals surface area (Å²) in [6.45, 7) is 0. The van der Waals surface area contributed by atoms with Gasteiger partial charge in [-0.1, -0.05) is 194 Å². The molecule has 54 heavy (non-hydrogen) atoms. The second kappa shape index (κ2) is 12.0. The number of rotatable bonds is 5. The molecule has 1 aliphatic carbocycles. The SMILES string of the molecule is c1ccc(-c2ccc(-c3c4ccccc4c(-c4ccc5c(c4)C(c4ccccc4)(c4ccccc4)c4c-5oc5ccccc45)c4ccccc34)cc2)cc1. The molecule has 0 atom stereocenters. The maximum Gasteiger partial charge on any atom is 0.140 e. The van der Waals surface area contributed by atoms with Gasteiger partial charge in [-0.25, -0.2) is 0 Å². The van der Waals surface area contributed by atoms with Gasteiger partial charge in [0.05, 0.1) is 5.41 Å². The van der Waals surface area contributed by atoms with Crippen LogP contribution >= 0.6 is 0 Å². The maximum atomic E-state index is 6.82. The average Bonchev–Trinajstić information content (AvgIpc) is 3.77. The monoisotopic (exact) mass is 686 g/mol. The van der Waals surface area contributed by atoms with Gasteiger partial charge in [0.2, 0.25) is 0 Å². The fourth-order valence-electron chi connectivity index (χ4n) is 9.30. The van der Waals surface area contributed by atoms with Gasteiger partial charge in [-0.05, 0) is 83.7 Å². The molecule has 11 rings (SSSR count). The number of furan rings is 1. The van der Waals surface area contributed by atoms with Crippen LogP contribution in [0.3, 0.4) is 0 Å². The Bertz CT molecular complexity index is 2910. The molecule has 0 bridgehead atoms. The minimum atomic E-state index is -0.582. The first-order chi connectivity index (χ1) is 26.8. The lowest BCUT2D eigenvalue weighted by Crippen LogP contribution is -2.28. The van der Waals surface area contributed by atoms with Crippen molar-refractivity contribution in [3.8, 4) is 44.7 Å². The van der Waals surface area contributed by atoms with Crippen LogP contribution in [0.15, 0.2) is 211 Å². The van der Waals surface area contributed by atoms with Gasteiger partial charge in [-0.3, -0.25) is 0 Å². The van der Waals surface area contributed by atoms with Crippen LogP contribution in [0.25, 0.3) is 77.2 Å². The number of benzene rings is 9. The number of hydrogen-bond donors (Lipinski definition) is 0. The Labute approximate surface area is 314 Å². The van der Waals surface area contributed by atoms with Crippen LogP contribution in [0.4, 0.5) is 0 Å². The lowest BCUT2D eigenvalue weighted by molar-refractivity contribution is 0.628. The molecule has 0 saturated heterocycles. The van der Waals surface area contributed by atoms with E-state index in [0.717, 1.165) is 22.3 Å². The molecule has 0 saturated carbocycles. The lowest BCUT2D eigenvalue weighted by Gasteiger charge is -2.33. The van der Waals surface area contributed by atoms with E-state index in [0.29, 0.717) is 0 Å². The molecule has 0 amide bonds. The van der Waals surface area contributed by atoms with Crippen molar-refractivity contribution < 1.29 is 4.42 Å². The first kappa shape index (κ1) is 30.6. The van der Waals surface area contributed by atoms with Crippen LogP contribution < -0.4 is 0 Å². The second-order valence-corrected chi connectivity index (χ2v) is 14.3. The highest BCUT2D eigenvalue weighted by Gasteiger charge is 2.49. The molecule has 0 fully saturated rings. The van der Waals surface area contributed by atoms with Crippen LogP contribution in [-0.2, 0) is 5.41 Å². The summed E-state index contributed by atoms with van der Waals surface area (Å²) in [5.74, 6) is 0.953. The van der Waals surface area contributed by atoms with Crippen LogP contribution in [0.5, 0.6) is 0 Å². The molecular formula is C53H34O. The second-order valence-electron chi connectivity index (χ2n) is 14.3. The van der Waals surface area contributed by atoms with Gasteiger partial charge in [-0.2, -0.15) is 0 Å². The summed E-state index contributed by atoms with van der Waals surface area (Å²) in [5, 5.41) is 6.12. The van der Waals surface area contributed by atoms with Crippen LogP contribution in [0.1, 0.15) is 22.3 Å². The molecule has 1 nitrogen and oxygen atoms in total. The van der Waals surface area contributed by atoms with E-state index in [-0.39, 0.29) is 0 Å². The molecule has 10 aromatic rings. The highest BCUT2D eigenvalue weighted by Crippen LogP contribution is 2.60. The van der Waals surface area contributed by atoms with Crippen LogP contribution in [-0.4, -0.2) is 0 Å². The van der Waals surface area contributed by atoms with Gasteiger partial charge in [-0.15, -0.1) is 0 Å². The van der Waals surface area contributed by atoms with Crippen molar-refractivity contribution in [1.82, 2.24) is 0 Å². The Balaban J connectivity index is 1.20. The number of para-hydroxylation sites is 1. The zero-order valence-electron chi connectivity index (χ0n) is 29.5. The van der Waals surface area contributed by atoms with Crippen LogP contribution in [0.2, 0.25) is 0 Å². The summed E-state index contributed by atoms with van der Waals surface area (Å²) in [7, 11) is 0. The molecule has 0 radical (unpaired) electrons. The largest absolute Gasteiger partial charge is 0.456 e. The van der Waals surface area contributed by atoms with Crippen molar-refractivity contribution in [1.29, 1.82) is 0 Å². The molecule has 1 aromatic heterocycles. The normalized spacial score (nSPS) is 13.0. The Morgan fingerprint density at radius 2 is 0.759 bits per heavy atom. The highest BCUT2D eigenvalue weighted by atomic mass is 16.3. The van der Waals surface area contributed by atoms with Crippen molar-refractivity contribution >= 4 is 32.5 Å². The summed E-state index contributed by atoms with van der Waals surface area (Å²) in [6.07, 6.45) is 0. The van der Waals surface area contributed by atoms with E-state index >= 15 is 0 Å². The molecule has 0 unspecified atom stereocenters. The van der Waals surface area contributed by atoms with Crippen molar-refractivity contribution in [2.45, 2.75) is 5.41 Å². The smallest absolute Gasteiger partial charge is 0.140 e. The lowest BCUT2D eigenvalue weighted by atomic mass is 9.67. The Morgan fingerprint density at radius 3 is 1.33 bits per heavy atom. The Kier molecular flexibility index (Phi) is 6.84. The zero-order valence-corrected chi connectivity index (χ0v) is 29.5. The molecule has 0 spiro atoms. The maximum absolute atomic E-state index is 6.82. The Morgan fingerprint density at radius 1 is 0.333 bits per heavy atom. The third-order valence-electron chi connectivity index (χ3n) is 11.6. The number of hydrogen-bond acceptors (Lipinski definition) is 1. The molecule has 252 valence electrons. The highest BCUT2D eigenvalue weighted by molar-refractivity contribution is 6.21. The Hall–Kier alpha value is -6.96. The summed E-state index contributed by atoms with van der Waals surface area (Å²) < 4.78 is 6.82. The van der Waals surface area contributed by atoms with Crippen molar-refractivity contribution in [3.63, 3.8) is 0 Å². The van der Waals surface area contributed by atoms with E-state index in [1.807, 2.05) is 0 Å². The van der Waals surface area contributed by atoms with E-state index in [9.17, 15) is 0 Å². The summed E-state index contributed by atoms with van der Waals surface area (Å²) in [6, 6.07) is 75.1. The predicted molar refractivity (Wildman–Crippen MR) is 225 cm³/mol. The molecule has 0 N–H and O–H groups in total. The molecule has 1 heteroatoms. The fourth-order valence-corrected chi connectivity index (χ4v) is 9.30. The molecule has 0 aliphatic heterocycles. The van der Waals surface area contributed by atoms with Crippen molar-refractivity contribution in [2.24, 2.45) is 0 Å². The molecule has 9 aromatic carbocycles. The van der Waals surface area contributed by atoms with E-state index in [4.69, 9.17) is 4.42 Å².